The third-order valence-corrected chi connectivity index (χ3v) is 3.67. The standard InChI is InChI=1S/C18H18N4/c19-13-5-1-11(2-6-13)17-15(21)9-10-16(22)18(17)12-3-7-14(20)8-4-12/h1-10H,19-22H2. The van der Waals surface area contributed by atoms with Gasteiger partial charge in [0.25, 0.3) is 0 Å². The number of hydrogen-bond donors (Lipinski definition) is 4. The fourth-order valence-electron chi connectivity index (χ4n) is 2.56. The first kappa shape index (κ1) is 13.8. The van der Waals surface area contributed by atoms with Crippen molar-refractivity contribution in [1.82, 2.24) is 0 Å². The van der Waals surface area contributed by atoms with Crippen LogP contribution >= 0.6 is 0 Å². The molecule has 22 heavy (non-hydrogen) atoms. The number of nitrogen functional groups attached to an aromatic ring is 4. The van der Waals surface area contributed by atoms with Crippen molar-refractivity contribution < 1.29 is 0 Å². The van der Waals surface area contributed by atoms with Gasteiger partial charge in [-0.2, -0.15) is 0 Å². The SMILES string of the molecule is Nc1ccc(-c2c(N)ccc(N)c2-c2ccc(N)cc2)cc1. The molecule has 0 aliphatic rings. The Hall–Kier alpha value is -3.14. The van der Waals surface area contributed by atoms with Gasteiger partial charge in [0, 0.05) is 33.9 Å². The molecule has 0 amide bonds. The van der Waals surface area contributed by atoms with Crippen molar-refractivity contribution in [3.05, 3.63) is 60.7 Å². The van der Waals surface area contributed by atoms with Gasteiger partial charge in [0.05, 0.1) is 0 Å². The van der Waals surface area contributed by atoms with Gasteiger partial charge < -0.3 is 22.9 Å². The van der Waals surface area contributed by atoms with Gasteiger partial charge in [-0.3, -0.25) is 0 Å². The quantitative estimate of drug-likeness (QED) is 0.543. The van der Waals surface area contributed by atoms with Crippen LogP contribution in [0.5, 0.6) is 0 Å². The lowest BCUT2D eigenvalue weighted by atomic mass is 9.91. The topological polar surface area (TPSA) is 104 Å². The van der Waals surface area contributed by atoms with E-state index in [0.717, 1.165) is 22.3 Å². The van der Waals surface area contributed by atoms with Crippen LogP contribution in [0.4, 0.5) is 22.7 Å². The van der Waals surface area contributed by atoms with E-state index in [0.29, 0.717) is 22.7 Å². The van der Waals surface area contributed by atoms with Crippen LogP contribution < -0.4 is 22.9 Å². The van der Waals surface area contributed by atoms with E-state index in [-0.39, 0.29) is 0 Å². The minimum Gasteiger partial charge on any atom is -0.399 e. The van der Waals surface area contributed by atoms with E-state index >= 15 is 0 Å². The van der Waals surface area contributed by atoms with Crippen molar-refractivity contribution in [3.8, 4) is 22.3 Å². The van der Waals surface area contributed by atoms with E-state index in [1.165, 1.54) is 0 Å². The zero-order valence-electron chi connectivity index (χ0n) is 12.1. The maximum atomic E-state index is 6.22. The van der Waals surface area contributed by atoms with Crippen molar-refractivity contribution in [1.29, 1.82) is 0 Å². The molecule has 4 nitrogen and oxygen atoms in total. The highest BCUT2D eigenvalue weighted by Crippen LogP contribution is 2.40. The second kappa shape index (κ2) is 5.33. The lowest BCUT2D eigenvalue weighted by Gasteiger charge is -2.16. The van der Waals surface area contributed by atoms with E-state index in [2.05, 4.69) is 0 Å². The van der Waals surface area contributed by atoms with Gasteiger partial charge >= 0.3 is 0 Å². The van der Waals surface area contributed by atoms with E-state index in [1.807, 2.05) is 60.7 Å². The van der Waals surface area contributed by atoms with Gasteiger partial charge in [-0.25, -0.2) is 0 Å². The normalized spacial score (nSPS) is 10.5. The third-order valence-electron chi connectivity index (χ3n) is 3.67. The van der Waals surface area contributed by atoms with E-state index in [9.17, 15) is 0 Å². The van der Waals surface area contributed by atoms with Gasteiger partial charge in [-0.05, 0) is 47.5 Å². The van der Waals surface area contributed by atoms with Crippen molar-refractivity contribution in [3.63, 3.8) is 0 Å². The molecule has 0 unspecified atom stereocenters. The Balaban J connectivity index is 2.27. The monoisotopic (exact) mass is 290 g/mol. The lowest BCUT2D eigenvalue weighted by Crippen LogP contribution is -1.99. The van der Waals surface area contributed by atoms with Crippen LogP contribution in [0.1, 0.15) is 0 Å². The first-order chi connectivity index (χ1) is 10.6. The number of anilines is 4. The molecule has 0 spiro atoms. The molecule has 0 saturated heterocycles. The fraction of sp³-hybridized carbons (Fsp3) is 0. The Morgan fingerprint density at radius 2 is 0.727 bits per heavy atom. The molecule has 8 N–H and O–H groups in total. The maximum absolute atomic E-state index is 6.22. The third kappa shape index (κ3) is 2.42. The Morgan fingerprint density at radius 3 is 1.05 bits per heavy atom. The average molecular weight is 290 g/mol. The zero-order valence-corrected chi connectivity index (χ0v) is 12.1. The van der Waals surface area contributed by atoms with E-state index < -0.39 is 0 Å². The highest BCUT2D eigenvalue weighted by atomic mass is 14.6. The first-order valence-electron chi connectivity index (χ1n) is 6.96. The second-order valence-corrected chi connectivity index (χ2v) is 5.24. The molecular formula is C18H18N4. The molecule has 3 aromatic rings. The summed E-state index contributed by atoms with van der Waals surface area (Å²) >= 11 is 0. The molecule has 0 atom stereocenters. The highest BCUT2D eigenvalue weighted by molar-refractivity contribution is 5.97. The summed E-state index contributed by atoms with van der Waals surface area (Å²) in [5.74, 6) is 0. The minimum atomic E-state index is 0.672. The predicted molar refractivity (Wildman–Crippen MR) is 95.0 cm³/mol. The maximum Gasteiger partial charge on any atom is 0.0401 e. The summed E-state index contributed by atoms with van der Waals surface area (Å²) < 4.78 is 0. The number of nitrogens with two attached hydrogens (primary N) is 4. The van der Waals surface area contributed by atoms with Crippen LogP contribution in [-0.2, 0) is 0 Å². The molecule has 0 radical (unpaired) electrons. The summed E-state index contributed by atoms with van der Waals surface area (Å²) in [6, 6.07) is 18.8. The van der Waals surface area contributed by atoms with Gasteiger partial charge in [-0.15, -0.1) is 0 Å². The zero-order chi connectivity index (χ0) is 15.7. The van der Waals surface area contributed by atoms with Crippen molar-refractivity contribution in [2.45, 2.75) is 0 Å². The van der Waals surface area contributed by atoms with Crippen LogP contribution in [-0.4, -0.2) is 0 Å². The van der Waals surface area contributed by atoms with Crippen molar-refractivity contribution in [2.75, 3.05) is 22.9 Å². The molecule has 0 heterocycles. The molecule has 0 fully saturated rings. The smallest absolute Gasteiger partial charge is 0.0401 e. The molecule has 3 aromatic carbocycles. The van der Waals surface area contributed by atoms with Crippen LogP contribution in [0.3, 0.4) is 0 Å². The van der Waals surface area contributed by atoms with E-state index in [4.69, 9.17) is 22.9 Å². The summed E-state index contributed by atoms with van der Waals surface area (Å²) in [4.78, 5) is 0. The molecule has 4 heteroatoms. The Labute approximate surface area is 129 Å². The number of benzene rings is 3. The fourth-order valence-corrected chi connectivity index (χ4v) is 2.56. The van der Waals surface area contributed by atoms with Crippen LogP contribution in [0.15, 0.2) is 60.7 Å². The Bertz CT molecular complexity index is 735. The Morgan fingerprint density at radius 1 is 0.409 bits per heavy atom. The van der Waals surface area contributed by atoms with Crippen LogP contribution in [0, 0.1) is 0 Å². The molecule has 0 saturated carbocycles. The largest absolute Gasteiger partial charge is 0.399 e. The van der Waals surface area contributed by atoms with Gasteiger partial charge in [-0.1, -0.05) is 24.3 Å². The molecule has 110 valence electrons. The second-order valence-electron chi connectivity index (χ2n) is 5.24. The summed E-state index contributed by atoms with van der Waals surface area (Å²) in [5.41, 5.74) is 30.5. The number of hydrogen-bond acceptors (Lipinski definition) is 4. The average Bonchev–Trinajstić information content (AvgIpc) is 2.51. The van der Waals surface area contributed by atoms with Crippen molar-refractivity contribution >= 4 is 22.7 Å². The van der Waals surface area contributed by atoms with E-state index in [1.54, 1.807) is 0 Å². The number of rotatable bonds is 2. The minimum absolute atomic E-state index is 0.672. The van der Waals surface area contributed by atoms with Gasteiger partial charge in [0.15, 0.2) is 0 Å². The van der Waals surface area contributed by atoms with Crippen molar-refractivity contribution in [2.24, 2.45) is 0 Å². The predicted octanol–water partition coefficient (Wildman–Crippen LogP) is 3.35. The molecule has 0 aromatic heterocycles. The summed E-state index contributed by atoms with van der Waals surface area (Å²) in [6.45, 7) is 0. The lowest BCUT2D eigenvalue weighted by molar-refractivity contribution is 1.57. The van der Waals surface area contributed by atoms with Gasteiger partial charge in [0.1, 0.15) is 0 Å². The molecule has 0 aliphatic carbocycles. The molecule has 0 bridgehead atoms. The van der Waals surface area contributed by atoms with Crippen LogP contribution in [0.25, 0.3) is 22.3 Å². The molecular weight excluding hydrogens is 272 g/mol. The first-order valence-corrected chi connectivity index (χ1v) is 6.96. The molecule has 3 rings (SSSR count). The summed E-state index contributed by atoms with van der Waals surface area (Å²) in [6.07, 6.45) is 0. The Kier molecular flexibility index (Phi) is 3.35. The highest BCUT2D eigenvalue weighted by Gasteiger charge is 2.14. The summed E-state index contributed by atoms with van der Waals surface area (Å²) in [7, 11) is 0. The van der Waals surface area contributed by atoms with Crippen LogP contribution in [0.2, 0.25) is 0 Å². The van der Waals surface area contributed by atoms with Gasteiger partial charge in [0.2, 0.25) is 0 Å². The summed E-state index contributed by atoms with van der Waals surface area (Å²) in [5, 5.41) is 0. The molecule has 0 aliphatic heterocycles.